The van der Waals surface area contributed by atoms with E-state index in [9.17, 15) is 10.2 Å². The van der Waals surface area contributed by atoms with Crippen molar-refractivity contribution in [1.29, 1.82) is 0 Å². The van der Waals surface area contributed by atoms with Crippen molar-refractivity contribution in [2.75, 3.05) is 6.79 Å². The molecule has 0 heterocycles. The summed E-state index contributed by atoms with van der Waals surface area (Å²) in [5, 5.41) is 29.6. The van der Waals surface area contributed by atoms with Crippen LogP contribution in [0, 0.1) is 5.92 Å². The van der Waals surface area contributed by atoms with Crippen molar-refractivity contribution in [1.82, 2.24) is 0 Å². The van der Waals surface area contributed by atoms with Crippen molar-refractivity contribution in [2.45, 2.75) is 55.3 Å². The highest BCUT2D eigenvalue weighted by atomic mass is 16.6. The van der Waals surface area contributed by atoms with Crippen LogP contribution in [0.25, 0.3) is 0 Å². The van der Waals surface area contributed by atoms with Crippen LogP contribution in [-0.4, -0.2) is 38.9 Å². The summed E-state index contributed by atoms with van der Waals surface area (Å²) in [5.41, 5.74) is -2.00. The van der Waals surface area contributed by atoms with Crippen LogP contribution in [0.4, 0.5) is 0 Å². The average Bonchev–Trinajstić information content (AvgIpc) is 1.94. The molecule has 0 aromatic carbocycles. The lowest BCUT2D eigenvalue weighted by atomic mass is 9.50. The Bertz CT molecular complexity index is 272. The first-order valence-electron chi connectivity index (χ1n) is 5.66. The topological polar surface area (TPSA) is 69.9 Å². The van der Waals surface area contributed by atoms with Crippen LogP contribution in [-0.2, 0) is 4.74 Å². The minimum absolute atomic E-state index is 0.321. The highest BCUT2D eigenvalue weighted by Crippen LogP contribution is 2.60. The molecule has 4 nitrogen and oxygen atoms in total. The third-order valence-corrected chi connectivity index (χ3v) is 4.33. The number of rotatable bonds is 2. The maximum atomic E-state index is 10.3. The van der Waals surface area contributed by atoms with Gasteiger partial charge in [0.05, 0.1) is 16.8 Å². The number of ether oxygens (including phenoxy) is 1. The summed E-state index contributed by atoms with van der Waals surface area (Å²) < 4.78 is 5.41. The third-order valence-electron chi connectivity index (χ3n) is 4.33. The fraction of sp³-hybridized carbons (Fsp3) is 1.00. The fourth-order valence-electron chi connectivity index (χ4n) is 4.55. The Kier molecular flexibility index (Phi) is 1.83. The highest BCUT2D eigenvalue weighted by Gasteiger charge is 2.63. The van der Waals surface area contributed by atoms with E-state index in [2.05, 4.69) is 0 Å². The fourth-order valence-corrected chi connectivity index (χ4v) is 4.55. The molecule has 15 heavy (non-hydrogen) atoms. The van der Waals surface area contributed by atoms with Crippen molar-refractivity contribution in [2.24, 2.45) is 5.92 Å². The van der Waals surface area contributed by atoms with Crippen LogP contribution in [0.2, 0.25) is 0 Å². The van der Waals surface area contributed by atoms with Crippen LogP contribution in [0.15, 0.2) is 0 Å². The van der Waals surface area contributed by atoms with Gasteiger partial charge in [0.1, 0.15) is 6.79 Å². The molecular formula is C11H18O4. The number of hydrogen-bond acceptors (Lipinski definition) is 4. The Morgan fingerprint density at radius 3 is 2.07 bits per heavy atom. The van der Waals surface area contributed by atoms with Gasteiger partial charge in [0.2, 0.25) is 0 Å². The molecule has 0 amide bonds. The molecule has 4 rings (SSSR count). The lowest BCUT2D eigenvalue weighted by Gasteiger charge is -2.62. The monoisotopic (exact) mass is 214 g/mol. The Morgan fingerprint density at radius 1 is 1.00 bits per heavy atom. The predicted molar refractivity (Wildman–Crippen MR) is 52.0 cm³/mol. The Labute approximate surface area is 88.9 Å². The standard InChI is InChI=1S/C11H18O4/c12-7-15-11-3-8-1-9(13,5-11)4-10(14,2-8)6-11/h8,12-14H,1-7H2. The first-order valence-corrected chi connectivity index (χ1v) is 5.66. The van der Waals surface area contributed by atoms with Gasteiger partial charge >= 0.3 is 0 Å². The van der Waals surface area contributed by atoms with Gasteiger partial charge < -0.3 is 20.1 Å². The second-order valence-electron chi connectivity index (χ2n) is 5.91. The quantitative estimate of drug-likeness (QED) is 0.572. The lowest BCUT2D eigenvalue weighted by molar-refractivity contribution is -0.280. The summed E-state index contributed by atoms with van der Waals surface area (Å²) in [4.78, 5) is 0. The van der Waals surface area contributed by atoms with E-state index in [0.29, 0.717) is 25.2 Å². The van der Waals surface area contributed by atoms with Crippen molar-refractivity contribution < 1.29 is 20.1 Å². The zero-order chi connectivity index (χ0) is 10.7. The molecule has 0 aromatic heterocycles. The lowest BCUT2D eigenvalue weighted by Crippen LogP contribution is -2.66. The molecule has 0 spiro atoms. The van der Waals surface area contributed by atoms with E-state index in [1.807, 2.05) is 0 Å². The van der Waals surface area contributed by atoms with Gasteiger partial charge in [-0.1, -0.05) is 0 Å². The van der Waals surface area contributed by atoms with E-state index >= 15 is 0 Å². The minimum atomic E-state index is -0.761. The first-order chi connectivity index (χ1) is 6.97. The largest absolute Gasteiger partial charge is 0.390 e. The number of aliphatic hydroxyl groups is 3. The second kappa shape index (κ2) is 2.74. The van der Waals surface area contributed by atoms with E-state index in [1.54, 1.807) is 0 Å². The molecule has 3 N–H and O–H groups in total. The van der Waals surface area contributed by atoms with E-state index in [-0.39, 0.29) is 6.79 Å². The van der Waals surface area contributed by atoms with Gasteiger partial charge in [0.15, 0.2) is 0 Å². The molecule has 4 aliphatic rings. The molecule has 0 radical (unpaired) electrons. The summed E-state index contributed by atoms with van der Waals surface area (Å²) in [6.45, 7) is -0.321. The number of hydrogen-bond donors (Lipinski definition) is 3. The molecule has 0 saturated heterocycles. The Morgan fingerprint density at radius 2 is 1.60 bits per heavy atom. The molecule has 4 fully saturated rings. The van der Waals surface area contributed by atoms with E-state index in [0.717, 1.165) is 19.3 Å². The maximum Gasteiger partial charge on any atom is 0.144 e. The predicted octanol–water partition coefficient (Wildman–Crippen LogP) is 0.151. The van der Waals surface area contributed by atoms with Crippen molar-refractivity contribution in [3.63, 3.8) is 0 Å². The van der Waals surface area contributed by atoms with E-state index in [1.165, 1.54) is 0 Å². The van der Waals surface area contributed by atoms with Crippen LogP contribution in [0.3, 0.4) is 0 Å². The summed E-state index contributed by atoms with van der Waals surface area (Å²) >= 11 is 0. The van der Waals surface area contributed by atoms with Gasteiger partial charge in [0.25, 0.3) is 0 Å². The molecule has 4 bridgehead atoms. The third kappa shape index (κ3) is 1.43. The summed E-state index contributed by atoms with van der Waals surface area (Å²) in [6.07, 6.45) is 4.06. The molecule has 0 aliphatic heterocycles. The normalized spacial score (nSPS) is 57.4. The summed E-state index contributed by atoms with van der Waals surface area (Å²) in [6, 6.07) is 0. The van der Waals surface area contributed by atoms with Gasteiger partial charge in [-0.05, 0) is 25.2 Å². The zero-order valence-corrected chi connectivity index (χ0v) is 8.78. The molecule has 0 aromatic rings. The van der Waals surface area contributed by atoms with Crippen LogP contribution in [0.5, 0.6) is 0 Å². The van der Waals surface area contributed by atoms with Crippen LogP contribution in [0.1, 0.15) is 38.5 Å². The van der Waals surface area contributed by atoms with Gasteiger partial charge in [0, 0.05) is 19.3 Å². The summed E-state index contributed by atoms with van der Waals surface area (Å²) in [7, 11) is 0. The molecule has 2 unspecified atom stereocenters. The van der Waals surface area contributed by atoms with Crippen molar-refractivity contribution >= 4 is 0 Å². The van der Waals surface area contributed by atoms with Gasteiger partial charge in [-0.15, -0.1) is 0 Å². The minimum Gasteiger partial charge on any atom is -0.390 e. The van der Waals surface area contributed by atoms with Gasteiger partial charge in [-0.3, -0.25) is 0 Å². The van der Waals surface area contributed by atoms with Crippen molar-refractivity contribution in [3.8, 4) is 0 Å². The maximum absolute atomic E-state index is 10.3. The molecule has 2 atom stereocenters. The SMILES string of the molecule is OCOC12CC3CC(O)(CC(O)(C3)C1)C2. The zero-order valence-electron chi connectivity index (χ0n) is 8.78. The van der Waals surface area contributed by atoms with Crippen molar-refractivity contribution in [3.05, 3.63) is 0 Å². The smallest absolute Gasteiger partial charge is 0.144 e. The van der Waals surface area contributed by atoms with Crippen LogP contribution >= 0.6 is 0 Å². The van der Waals surface area contributed by atoms with Gasteiger partial charge in [-0.25, -0.2) is 0 Å². The molecule has 4 heteroatoms. The average molecular weight is 214 g/mol. The van der Waals surface area contributed by atoms with E-state index in [4.69, 9.17) is 9.84 Å². The van der Waals surface area contributed by atoms with Gasteiger partial charge in [-0.2, -0.15) is 0 Å². The van der Waals surface area contributed by atoms with E-state index < -0.39 is 16.8 Å². The molecule has 4 saturated carbocycles. The molecule has 4 aliphatic carbocycles. The highest BCUT2D eigenvalue weighted by molar-refractivity contribution is 5.15. The Balaban J connectivity index is 1.94. The van der Waals surface area contributed by atoms with Crippen LogP contribution < -0.4 is 0 Å². The number of aliphatic hydroxyl groups excluding tert-OH is 1. The Hall–Kier alpha value is -0.160. The summed E-state index contributed by atoms with van der Waals surface area (Å²) in [5.74, 6) is 0.350. The second-order valence-corrected chi connectivity index (χ2v) is 5.91. The molecular weight excluding hydrogens is 196 g/mol. The first kappa shape index (κ1) is 10.0. The molecule has 86 valence electrons.